The van der Waals surface area contributed by atoms with Crippen LogP contribution in [0.3, 0.4) is 0 Å². The zero-order valence-electron chi connectivity index (χ0n) is 10.4. The minimum atomic E-state index is -0.556. The number of aliphatic hydroxyl groups is 1. The first-order valence-electron chi connectivity index (χ1n) is 5.52. The van der Waals surface area contributed by atoms with Crippen LogP contribution < -0.4 is 5.32 Å². The van der Waals surface area contributed by atoms with Crippen LogP contribution in [0, 0.1) is 6.92 Å². The second kappa shape index (κ2) is 5.93. The minimum absolute atomic E-state index is 0.0705. The summed E-state index contributed by atoms with van der Waals surface area (Å²) in [5, 5.41) is 14.8. The maximum Gasteiger partial charge on any atom is 0.244 e. The molecule has 0 fully saturated rings. The van der Waals surface area contributed by atoms with E-state index in [1.54, 1.807) is 17.4 Å². The summed E-state index contributed by atoms with van der Waals surface area (Å²) < 4.78 is 0. The first-order chi connectivity index (χ1) is 7.99. The van der Waals surface area contributed by atoms with Crippen LogP contribution in [0.5, 0.6) is 0 Å². The third-order valence-electron chi connectivity index (χ3n) is 2.60. The maximum absolute atomic E-state index is 11.6. The molecule has 2 N–H and O–H groups in total. The monoisotopic (exact) mass is 254 g/mol. The number of aryl methyl sites for hydroxylation is 1. The summed E-state index contributed by atoms with van der Waals surface area (Å²) in [6.45, 7) is 5.58. The molecule has 0 aliphatic carbocycles. The summed E-state index contributed by atoms with van der Waals surface area (Å²) in [5.41, 5.74) is 0.226. The summed E-state index contributed by atoms with van der Waals surface area (Å²) in [6, 6.07) is 0. The lowest BCUT2D eigenvalue weighted by Gasteiger charge is -2.26. The van der Waals surface area contributed by atoms with Crippen molar-refractivity contribution in [3.05, 3.63) is 22.2 Å². The molecule has 1 unspecified atom stereocenters. The molecule has 0 saturated carbocycles. The number of nitrogens with zero attached hydrogens (tertiary/aromatic N) is 1. The summed E-state index contributed by atoms with van der Waals surface area (Å²) in [7, 11) is 0. The van der Waals surface area contributed by atoms with Gasteiger partial charge in [0.15, 0.2) is 0 Å². The van der Waals surface area contributed by atoms with E-state index in [-0.39, 0.29) is 12.5 Å². The van der Waals surface area contributed by atoms with Gasteiger partial charge in [-0.25, -0.2) is 4.98 Å². The Morgan fingerprint density at radius 1 is 1.71 bits per heavy atom. The molecule has 1 rings (SSSR count). The van der Waals surface area contributed by atoms with Gasteiger partial charge in [-0.3, -0.25) is 4.79 Å². The topological polar surface area (TPSA) is 62.2 Å². The van der Waals surface area contributed by atoms with E-state index in [1.807, 2.05) is 26.2 Å². The Hall–Kier alpha value is -1.20. The van der Waals surface area contributed by atoms with Crippen LogP contribution in [0.2, 0.25) is 0 Å². The van der Waals surface area contributed by atoms with Crippen LogP contribution in [0.25, 0.3) is 6.08 Å². The van der Waals surface area contributed by atoms with Gasteiger partial charge in [-0.05, 0) is 26.3 Å². The van der Waals surface area contributed by atoms with E-state index < -0.39 is 5.54 Å². The van der Waals surface area contributed by atoms with Gasteiger partial charge < -0.3 is 10.4 Å². The van der Waals surface area contributed by atoms with Crippen molar-refractivity contribution in [1.82, 2.24) is 10.3 Å². The molecular formula is C12H18N2O2S. The van der Waals surface area contributed by atoms with Gasteiger partial charge in [-0.2, -0.15) is 0 Å². The fourth-order valence-corrected chi connectivity index (χ4v) is 1.78. The highest BCUT2D eigenvalue weighted by molar-refractivity contribution is 7.09. The van der Waals surface area contributed by atoms with Crippen molar-refractivity contribution in [2.45, 2.75) is 32.7 Å². The van der Waals surface area contributed by atoms with E-state index in [9.17, 15) is 9.90 Å². The lowest BCUT2D eigenvalue weighted by molar-refractivity contribution is -0.118. The second-order valence-corrected chi connectivity index (χ2v) is 5.25. The van der Waals surface area contributed by atoms with Gasteiger partial charge in [0, 0.05) is 11.5 Å². The Bertz CT molecular complexity index is 408. The van der Waals surface area contributed by atoms with E-state index in [4.69, 9.17) is 0 Å². The van der Waals surface area contributed by atoms with Crippen molar-refractivity contribution < 1.29 is 9.90 Å². The molecule has 0 aromatic carbocycles. The predicted octanol–water partition coefficient (Wildman–Crippen LogP) is 1.74. The molecule has 1 heterocycles. The lowest BCUT2D eigenvalue weighted by Crippen LogP contribution is -2.47. The SMILES string of the molecule is CCC(C)(CO)NC(=O)C=Cc1csc(C)n1. The average molecular weight is 254 g/mol. The maximum atomic E-state index is 11.6. The Morgan fingerprint density at radius 3 is 2.88 bits per heavy atom. The molecule has 5 heteroatoms. The van der Waals surface area contributed by atoms with Crippen molar-refractivity contribution in [2.75, 3.05) is 6.61 Å². The molecular weight excluding hydrogens is 236 g/mol. The van der Waals surface area contributed by atoms with E-state index >= 15 is 0 Å². The van der Waals surface area contributed by atoms with Crippen LogP contribution in [-0.2, 0) is 4.79 Å². The number of aromatic nitrogens is 1. The number of hydrogen-bond acceptors (Lipinski definition) is 4. The van der Waals surface area contributed by atoms with Crippen molar-refractivity contribution in [1.29, 1.82) is 0 Å². The molecule has 0 aliphatic heterocycles. The Morgan fingerprint density at radius 2 is 2.41 bits per heavy atom. The van der Waals surface area contributed by atoms with Gasteiger partial charge >= 0.3 is 0 Å². The Kier molecular flexibility index (Phi) is 4.84. The van der Waals surface area contributed by atoms with Gasteiger partial charge in [0.25, 0.3) is 0 Å². The molecule has 0 radical (unpaired) electrons. The number of hydrogen-bond donors (Lipinski definition) is 2. The van der Waals surface area contributed by atoms with E-state index in [0.29, 0.717) is 6.42 Å². The van der Waals surface area contributed by atoms with Gasteiger partial charge in [-0.1, -0.05) is 6.92 Å². The number of amides is 1. The highest BCUT2D eigenvalue weighted by Crippen LogP contribution is 2.10. The normalized spacial score (nSPS) is 14.8. The van der Waals surface area contributed by atoms with E-state index in [0.717, 1.165) is 10.7 Å². The summed E-state index contributed by atoms with van der Waals surface area (Å²) in [5.74, 6) is -0.214. The second-order valence-electron chi connectivity index (χ2n) is 4.19. The number of rotatable bonds is 5. The first kappa shape index (κ1) is 13.9. The largest absolute Gasteiger partial charge is 0.394 e. The van der Waals surface area contributed by atoms with Gasteiger partial charge in [-0.15, -0.1) is 11.3 Å². The Balaban J connectivity index is 2.58. The fraction of sp³-hybridized carbons (Fsp3) is 0.500. The molecule has 1 aromatic rings. The number of carbonyl (C=O) groups is 1. The zero-order valence-corrected chi connectivity index (χ0v) is 11.2. The van der Waals surface area contributed by atoms with Crippen molar-refractivity contribution in [2.24, 2.45) is 0 Å². The summed E-state index contributed by atoms with van der Waals surface area (Å²) in [6.07, 6.45) is 3.79. The van der Waals surface area contributed by atoms with Crippen LogP contribution in [0.4, 0.5) is 0 Å². The fourth-order valence-electron chi connectivity index (χ4n) is 1.20. The standard InChI is InChI=1S/C12H18N2O2S/c1-4-12(3,8-15)14-11(16)6-5-10-7-17-9(2)13-10/h5-7,15H,4,8H2,1-3H3,(H,14,16). The average Bonchev–Trinajstić information content (AvgIpc) is 2.72. The number of carbonyl (C=O) groups excluding carboxylic acids is 1. The molecule has 17 heavy (non-hydrogen) atoms. The zero-order chi connectivity index (χ0) is 12.9. The van der Waals surface area contributed by atoms with E-state index in [2.05, 4.69) is 10.3 Å². The quantitative estimate of drug-likeness (QED) is 0.787. The molecule has 1 atom stereocenters. The van der Waals surface area contributed by atoms with Crippen LogP contribution in [-0.4, -0.2) is 28.1 Å². The third kappa shape index (κ3) is 4.28. The van der Waals surface area contributed by atoms with Crippen molar-refractivity contribution >= 4 is 23.3 Å². The van der Waals surface area contributed by atoms with Crippen LogP contribution >= 0.6 is 11.3 Å². The minimum Gasteiger partial charge on any atom is -0.394 e. The lowest BCUT2D eigenvalue weighted by atomic mass is 10.0. The van der Waals surface area contributed by atoms with Gasteiger partial charge in [0.1, 0.15) is 0 Å². The molecule has 0 bridgehead atoms. The number of aliphatic hydroxyl groups excluding tert-OH is 1. The van der Waals surface area contributed by atoms with E-state index in [1.165, 1.54) is 6.08 Å². The molecule has 0 saturated heterocycles. The van der Waals surface area contributed by atoms with Crippen molar-refractivity contribution in [3.63, 3.8) is 0 Å². The van der Waals surface area contributed by atoms with Crippen LogP contribution in [0.15, 0.2) is 11.5 Å². The highest BCUT2D eigenvalue weighted by atomic mass is 32.1. The number of nitrogens with one attached hydrogen (secondary N) is 1. The van der Waals surface area contributed by atoms with Gasteiger partial charge in [0.2, 0.25) is 5.91 Å². The predicted molar refractivity (Wildman–Crippen MR) is 69.8 cm³/mol. The molecule has 4 nitrogen and oxygen atoms in total. The molecule has 0 aliphatic rings. The molecule has 1 aromatic heterocycles. The van der Waals surface area contributed by atoms with Crippen LogP contribution in [0.1, 0.15) is 31.0 Å². The van der Waals surface area contributed by atoms with Gasteiger partial charge in [0.05, 0.1) is 22.8 Å². The third-order valence-corrected chi connectivity index (χ3v) is 3.39. The smallest absolute Gasteiger partial charge is 0.244 e. The molecule has 94 valence electrons. The van der Waals surface area contributed by atoms with Crippen molar-refractivity contribution in [3.8, 4) is 0 Å². The molecule has 1 amide bonds. The number of thiazole rings is 1. The Labute approximate surface area is 105 Å². The molecule has 0 spiro atoms. The summed E-state index contributed by atoms with van der Waals surface area (Å²) >= 11 is 1.54. The summed E-state index contributed by atoms with van der Waals surface area (Å²) in [4.78, 5) is 15.8. The first-order valence-corrected chi connectivity index (χ1v) is 6.40. The highest BCUT2D eigenvalue weighted by Gasteiger charge is 2.21.